The first-order valence-corrected chi connectivity index (χ1v) is 28.1. The summed E-state index contributed by atoms with van der Waals surface area (Å²) in [7, 11) is 0. The number of piperidine rings is 7. The molecule has 4 aromatic heterocycles. The Morgan fingerprint density at radius 3 is 1.27 bits per heavy atom. The van der Waals surface area contributed by atoms with Crippen LogP contribution in [0.15, 0.2) is 116 Å². The molecule has 378 valence electrons. The third-order valence-electron chi connectivity index (χ3n) is 19.1. The van der Waals surface area contributed by atoms with Gasteiger partial charge >= 0.3 is 6.01 Å². The van der Waals surface area contributed by atoms with Gasteiger partial charge in [-0.2, -0.15) is 9.97 Å². The van der Waals surface area contributed by atoms with Crippen LogP contribution in [0, 0.1) is 35.5 Å². The number of pyridine rings is 3. The molecule has 6 bridgehead atoms. The predicted molar refractivity (Wildman–Crippen MR) is 288 cm³/mol. The lowest BCUT2D eigenvalue weighted by atomic mass is 9.72. The number of benzene rings is 3. The van der Waals surface area contributed by atoms with E-state index in [0.29, 0.717) is 47.3 Å². The average Bonchev–Trinajstić information content (AvgIpc) is 3.77. The van der Waals surface area contributed by atoms with Gasteiger partial charge in [0, 0.05) is 64.5 Å². The molecule has 0 aliphatic carbocycles. The zero-order valence-corrected chi connectivity index (χ0v) is 43.0. The molecule has 3 aromatic carbocycles. The van der Waals surface area contributed by atoms with Crippen LogP contribution in [0.5, 0.6) is 17.8 Å². The minimum absolute atomic E-state index is 0.134. The standard InChI is InChI=1S/C62H72N8O3/c1-4-39-22-29-68-30-23-42(39)33-54(68)59(48-19-26-63-51-16-10-7-13-45(48)51)71-57-36-58(72-60(49-20-27-64-52-17-11-8-14-46(49)52)55-34-43-24-31-69(55)37-40(43)5-2)67-62(66-57)73-61(50-21-28-65-53-18-12-9-15-47(50)53)56-35-44-25-32-70(56)38-41(44)6-3/h7-21,26-28,36,39-44,54-56,59-61H,4-6,22-25,29-35,37-38H2,1-3H3/t39?,40?,41?,42?,43?,44?,54-,55+,56?,59+,60?,61?/m1/s1. The molecule has 11 heteroatoms. The molecule has 7 aromatic rings. The van der Waals surface area contributed by atoms with Gasteiger partial charge in [0.2, 0.25) is 11.8 Å². The Bertz CT molecular complexity index is 2920. The SMILES string of the molecule is CCC1CCN2CCC1C[C@@H]2[C@@H](Oc1cc(OC(c2ccnc3ccccc23)[C@@H]2CC3CCN2CC3CC)nc(OC(c2ccnc3ccccc23)C2CC3CCN2CC3CC)n1)c1ccnc2ccccc12. The largest absolute Gasteiger partial charge is 0.467 e. The molecule has 0 spiro atoms. The molecular formula is C62H72N8O3. The van der Waals surface area contributed by atoms with E-state index in [9.17, 15) is 0 Å². The van der Waals surface area contributed by atoms with E-state index in [0.717, 1.165) is 108 Å². The minimum Gasteiger partial charge on any atom is -0.467 e. The van der Waals surface area contributed by atoms with Crippen molar-refractivity contribution in [1.82, 2.24) is 39.6 Å². The zero-order chi connectivity index (χ0) is 49.0. The molecule has 0 saturated carbocycles. The fourth-order valence-corrected chi connectivity index (χ4v) is 15.2. The van der Waals surface area contributed by atoms with Gasteiger partial charge in [0.1, 0.15) is 18.3 Å². The number of ether oxygens (including phenoxy) is 3. The second kappa shape index (κ2) is 20.2. The lowest BCUT2D eigenvalue weighted by molar-refractivity contribution is -0.0532. The third-order valence-corrected chi connectivity index (χ3v) is 19.1. The van der Waals surface area contributed by atoms with Crippen molar-refractivity contribution in [3.05, 3.63) is 132 Å². The Hall–Kier alpha value is -5.75. The van der Waals surface area contributed by atoms with Gasteiger partial charge in [0.25, 0.3) is 0 Å². The Morgan fingerprint density at radius 2 is 0.836 bits per heavy atom. The van der Waals surface area contributed by atoms with Gasteiger partial charge in [-0.15, -0.1) is 0 Å². The maximum atomic E-state index is 7.65. The van der Waals surface area contributed by atoms with Gasteiger partial charge in [0.05, 0.1) is 40.7 Å². The summed E-state index contributed by atoms with van der Waals surface area (Å²) in [6, 6.07) is 34.7. The molecule has 9 aliphatic heterocycles. The van der Waals surface area contributed by atoms with Crippen molar-refractivity contribution in [3.63, 3.8) is 0 Å². The van der Waals surface area contributed by atoms with Crippen molar-refractivity contribution in [3.8, 4) is 17.8 Å². The lowest BCUT2D eigenvalue weighted by Gasteiger charge is -2.52. The van der Waals surface area contributed by atoms with Crippen LogP contribution in [-0.4, -0.2) is 97.0 Å². The van der Waals surface area contributed by atoms with Crippen molar-refractivity contribution < 1.29 is 14.2 Å². The van der Waals surface area contributed by atoms with Gasteiger partial charge in [-0.05, 0) is 143 Å². The molecule has 13 heterocycles. The van der Waals surface area contributed by atoms with E-state index in [2.05, 4.69) is 126 Å². The van der Waals surface area contributed by atoms with Crippen molar-refractivity contribution >= 4 is 32.7 Å². The van der Waals surface area contributed by atoms with E-state index in [1.807, 2.05) is 24.7 Å². The Kier molecular flexibility index (Phi) is 13.0. The lowest BCUT2D eigenvalue weighted by Crippen LogP contribution is -2.56. The van der Waals surface area contributed by atoms with Crippen LogP contribution in [-0.2, 0) is 0 Å². The highest BCUT2D eigenvalue weighted by molar-refractivity contribution is 5.84. The number of hydrogen-bond donors (Lipinski definition) is 0. The molecule has 16 rings (SSSR count). The molecule has 0 radical (unpaired) electrons. The van der Waals surface area contributed by atoms with Gasteiger partial charge in [-0.1, -0.05) is 94.6 Å². The summed E-state index contributed by atoms with van der Waals surface area (Å²) < 4.78 is 22.8. The number of fused-ring (bicyclic) bond motifs is 13. The Morgan fingerprint density at radius 1 is 0.452 bits per heavy atom. The van der Waals surface area contributed by atoms with Gasteiger partial charge in [-0.3, -0.25) is 29.7 Å². The first-order chi connectivity index (χ1) is 36.0. The first-order valence-electron chi connectivity index (χ1n) is 28.1. The number of hydrogen-bond acceptors (Lipinski definition) is 11. The Labute approximate surface area is 431 Å². The van der Waals surface area contributed by atoms with E-state index < -0.39 is 0 Å². The van der Waals surface area contributed by atoms with Crippen LogP contribution in [0.25, 0.3) is 32.7 Å². The maximum Gasteiger partial charge on any atom is 0.323 e. The van der Waals surface area contributed by atoms with Crippen molar-refractivity contribution in [2.45, 2.75) is 121 Å². The summed E-state index contributed by atoms with van der Waals surface area (Å²) in [5.74, 6) is 4.96. The molecule has 11 nitrogen and oxygen atoms in total. The van der Waals surface area contributed by atoms with E-state index in [1.165, 1.54) is 44.9 Å². The molecule has 9 fully saturated rings. The van der Waals surface area contributed by atoms with E-state index in [-0.39, 0.29) is 42.4 Å². The molecule has 0 N–H and O–H groups in total. The Balaban J connectivity index is 0.962. The zero-order valence-electron chi connectivity index (χ0n) is 43.0. The minimum atomic E-state index is -0.364. The maximum absolute atomic E-state index is 7.65. The second-order valence-corrected chi connectivity index (χ2v) is 22.6. The van der Waals surface area contributed by atoms with Crippen molar-refractivity contribution in [2.75, 3.05) is 39.3 Å². The van der Waals surface area contributed by atoms with Gasteiger partial charge in [-0.25, -0.2) is 0 Å². The van der Waals surface area contributed by atoms with Gasteiger partial charge < -0.3 is 14.2 Å². The van der Waals surface area contributed by atoms with Crippen LogP contribution in [0.1, 0.15) is 120 Å². The quantitative estimate of drug-likeness (QED) is 0.0981. The topological polar surface area (TPSA) is 102 Å². The van der Waals surface area contributed by atoms with Crippen LogP contribution in [0.3, 0.4) is 0 Å². The summed E-state index contributed by atoms with van der Waals surface area (Å²) in [6.45, 7) is 13.5. The molecular weight excluding hydrogens is 905 g/mol. The molecule has 0 amide bonds. The van der Waals surface area contributed by atoms with Crippen LogP contribution in [0.4, 0.5) is 0 Å². The molecule has 15 atom stereocenters. The van der Waals surface area contributed by atoms with Crippen molar-refractivity contribution in [1.29, 1.82) is 0 Å². The third kappa shape index (κ3) is 8.90. The van der Waals surface area contributed by atoms with Crippen LogP contribution < -0.4 is 14.2 Å². The highest BCUT2D eigenvalue weighted by Gasteiger charge is 2.47. The summed E-state index contributed by atoms with van der Waals surface area (Å²) >= 11 is 0. The molecule has 9 aliphatic rings. The summed E-state index contributed by atoms with van der Waals surface area (Å²) in [5.41, 5.74) is 6.26. The highest BCUT2D eigenvalue weighted by Crippen LogP contribution is 2.48. The predicted octanol–water partition coefficient (Wildman–Crippen LogP) is 12.2. The fourth-order valence-electron chi connectivity index (χ4n) is 15.2. The van der Waals surface area contributed by atoms with Crippen LogP contribution >= 0.6 is 0 Å². The number of aromatic nitrogens is 5. The van der Waals surface area contributed by atoms with Gasteiger partial charge in [0.15, 0.2) is 0 Å². The normalized spacial score (nSPS) is 30.8. The number of para-hydroxylation sites is 3. The smallest absolute Gasteiger partial charge is 0.323 e. The van der Waals surface area contributed by atoms with E-state index >= 15 is 0 Å². The fraction of sp³-hybridized carbons (Fsp3) is 0.500. The molecule has 9 saturated heterocycles. The number of rotatable bonds is 15. The van der Waals surface area contributed by atoms with E-state index in [1.54, 1.807) is 0 Å². The summed E-state index contributed by atoms with van der Waals surface area (Å²) in [5, 5.41) is 3.31. The second-order valence-electron chi connectivity index (χ2n) is 22.6. The average molecular weight is 977 g/mol. The molecule has 73 heavy (non-hydrogen) atoms. The monoisotopic (exact) mass is 977 g/mol. The summed E-state index contributed by atoms with van der Waals surface area (Å²) in [4.78, 5) is 33.4. The number of nitrogens with zero attached hydrogens (tertiary/aromatic N) is 8. The summed E-state index contributed by atoms with van der Waals surface area (Å²) in [6.07, 6.45) is 16.5. The van der Waals surface area contributed by atoms with Crippen molar-refractivity contribution in [2.24, 2.45) is 35.5 Å². The molecule has 12 unspecified atom stereocenters. The van der Waals surface area contributed by atoms with E-state index in [4.69, 9.17) is 39.1 Å². The highest BCUT2D eigenvalue weighted by atomic mass is 16.5. The first kappa shape index (κ1) is 47.0. The van der Waals surface area contributed by atoms with Crippen LogP contribution in [0.2, 0.25) is 0 Å².